The van der Waals surface area contributed by atoms with Gasteiger partial charge in [0.25, 0.3) is 0 Å². The molecule has 0 bridgehead atoms. The standard InChI is InChI=1S/C19H22N2O3S/c1-12-4-7-15(10-13(12)2)21-19(24)18(23)20-11-17(22)14-5-8-16(25-3)9-6-14/h4-10,17,22H,11H2,1-3H3,(H,20,23)(H,21,24). The number of hydrogen-bond acceptors (Lipinski definition) is 4. The van der Waals surface area contributed by atoms with Crippen LogP contribution in [0.4, 0.5) is 5.69 Å². The summed E-state index contributed by atoms with van der Waals surface area (Å²) in [6, 6.07) is 12.8. The van der Waals surface area contributed by atoms with Gasteiger partial charge < -0.3 is 15.7 Å². The van der Waals surface area contributed by atoms with Crippen molar-refractivity contribution in [1.29, 1.82) is 0 Å². The number of carbonyl (C=O) groups excluding carboxylic acids is 2. The average molecular weight is 358 g/mol. The van der Waals surface area contributed by atoms with Gasteiger partial charge in [0, 0.05) is 17.1 Å². The van der Waals surface area contributed by atoms with Crippen LogP contribution in [0.1, 0.15) is 22.8 Å². The first-order valence-corrected chi connectivity index (χ1v) is 9.11. The van der Waals surface area contributed by atoms with E-state index in [1.165, 1.54) is 0 Å². The normalized spacial score (nSPS) is 11.7. The van der Waals surface area contributed by atoms with E-state index < -0.39 is 17.9 Å². The first-order chi connectivity index (χ1) is 11.9. The molecule has 2 rings (SSSR count). The molecular formula is C19H22N2O3S. The van der Waals surface area contributed by atoms with Gasteiger partial charge in [-0.2, -0.15) is 0 Å². The second-order valence-corrected chi connectivity index (χ2v) is 6.63. The summed E-state index contributed by atoms with van der Waals surface area (Å²) in [6.45, 7) is 3.88. The van der Waals surface area contributed by atoms with Gasteiger partial charge in [0.05, 0.1) is 6.10 Å². The molecule has 6 heteroatoms. The van der Waals surface area contributed by atoms with Crippen LogP contribution in [0.25, 0.3) is 0 Å². The molecule has 1 atom stereocenters. The van der Waals surface area contributed by atoms with Crippen LogP contribution < -0.4 is 10.6 Å². The molecule has 0 fully saturated rings. The number of aryl methyl sites for hydroxylation is 2. The van der Waals surface area contributed by atoms with Gasteiger partial charge in [-0.3, -0.25) is 9.59 Å². The monoisotopic (exact) mass is 358 g/mol. The first kappa shape index (κ1) is 19.0. The third kappa shape index (κ3) is 5.34. The molecule has 0 radical (unpaired) electrons. The van der Waals surface area contributed by atoms with Crippen molar-refractivity contribution >= 4 is 29.3 Å². The molecule has 2 aromatic rings. The van der Waals surface area contributed by atoms with E-state index in [9.17, 15) is 14.7 Å². The van der Waals surface area contributed by atoms with Crippen LogP contribution >= 0.6 is 11.8 Å². The number of thioether (sulfide) groups is 1. The predicted octanol–water partition coefficient (Wildman–Crippen LogP) is 2.81. The maximum Gasteiger partial charge on any atom is 0.313 e. The molecule has 2 aromatic carbocycles. The fourth-order valence-electron chi connectivity index (χ4n) is 2.22. The van der Waals surface area contributed by atoms with E-state index >= 15 is 0 Å². The van der Waals surface area contributed by atoms with E-state index in [-0.39, 0.29) is 6.54 Å². The van der Waals surface area contributed by atoms with Crippen LogP contribution in [0.5, 0.6) is 0 Å². The highest BCUT2D eigenvalue weighted by molar-refractivity contribution is 7.98. The number of hydrogen-bond donors (Lipinski definition) is 3. The highest BCUT2D eigenvalue weighted by Crippen LogP contribution is 2.18. The van der Waals surface area contributed by atoms with Crippen LogP contribution in [0, 0.1) is 13.8 Å². The van der Waals surface area contributed by atoms with Crippen molar-refractivity contribution in [2.45, 2.75) is 24.8 Å². The molecule has 2 amide bonds. The van der Waals surface area contributed by atoms with Crippen molar-refractivity contribution < 1.29 is 14.7 Å². The molecule has 3 N–H and O–H groups in total. The van der Waals surface area contributed by atoms with Crippen molar-refractivity contribution in [2.75, 3.05) is 18.1 Å². The van der Waals surface area contributed by atoms with E-state index in [1.807, 2.05) is 44.4 Å². The van der Waals surface area contributed by atoms with Gasteiger partial charge in [0.2, 0.25) is 0 Å². The first-order valence-electron chi connectivity index (χ1n) is 7.89. The average Bonchev–Trinajstić information content (AvgIpc) is 2.62. The van der Waals surface area contributed by atoms with Crippen LogP contribution in [-0.2, 0) is 9.59 Å². The van der Waals surface area contributed by atoms with Crippen molar-refractivity contribution in [1.82, 2.24) is 5.32 Å². The number of rotatable bonds is 5. The Morgan fingerprint density at radius 3 is 2.32 bits per heavy atom. The third-order valence-electron chi connectivity index (χ3n) is 3.93. The molecule has 0 saturated carbocycles. The van der Waals surface area contributed by atoms with Gasteiger partial charge in [-0.15, -0.1) is 11.8 Å². The van der Waals surface area contributed by atoms with Gasteiger partial charge in [-0.05, 0) is 61.1 Å². The second kappa shape index (κ2) is 8.69. The summed E-state index contributed by atoms with van der Waals surface area (Å²) in [4.78, 5) is 24.9. The maximum atomic E-state index is 11.9. The molecule has 0 saturated heterocycles. The summed E-state index contributed by atoms with van der Waals surface area (Å²) in [5, 5.41) is 15.1. The molecule has 0 heterocycles. The van der Waals surface area contributed by atoms with Gasteiger partial charge in [-0.25, -0.2) is 0 Å². The topological polar surface area (TPSA) is 78.4 Å². The van der Waals surface area contributed by atoms with Crippen LogP contribution in [0.15, 0.2) is 47.4 Å². The number of aliphatic hydroxyl groups excluding tert-OH is 1. The van der Waals surface area contributed by atoms with Crippen LogP contribution in [0.3, 0.4) is 0 Å². The summed E-state index contributed by atoms with van der Waals surface area (Å²) < 4.78 is 0. The summed E-state index contributed by atoms with van der Waals surface area (Å²) in [7, 11) is 0. The lowest BCUT2D eigenvalue weighted by Gasteiger charge is -2.13. The lowest BCUT2D eigenvalue weighted by atomic mass is 10.1. The largest absolute Gasteiger partial charge is 0.387 e. The summed E-state index contributed by atoms with van der Waals surface area (Å²) in [5.41, 5.74) is 3.39. The zero-order chi connectivity index (χ0) is 18.4. The molecule has 0 aromatic heterocycles. The van der Waals surface area contributed by atoms with E-state index in [4.69, 9.17) is 0 Å². The Kier molecular flexibility index (Phi) is 6.61. The molecule has 25 heavy (non-hydrogen) atoms. The fraction of sp³-hybridized carbons (Fsp3) is 0.263. The van der Waals surface area contributed by atoms with Gasteiger partial charge in [0.1, 0.15) is 0 Å². The molecule has 0 spiro atoms. The summed E-state index contributed by atoms with van der Waals surface area (Å²) in [5.74, 6) is -1.54. The quantitative estimate of drug-likeness (QED) is 0.567. The zero-order valence-corrected chi connectivity index (χ0v) is 15.3. The Balaban J connectivity index is 1.87. The van der Waals surface area contributed by atoms with E-state index in [0.717, 1.165) is 16.0 Å². The smallest absolute Gasteiger partial charge is 0.313 e. The highest BCUT2D eigenvalue weighted by atomic mass is 32.2. The third-order valence-corrected chi connectivity index (χ3v) is 4.67. The highest BCUT2D eigenvalue weighted by Gasteiger charge is 2.16. The Morgan fingerprint density at radius 1 is 1.04 bits per heavy atom. The van der Waals surface area contributed by atoms with Gasteiger partial charge in [-0.1, -0.05) is 18.2 Å². The molecule has 0 aliphatic heterocycles. The Hall–Kier alpha value is -2.31. The van der Waals surface area contributed by atoms with Crippen LogP contribution in [0.2, 0.25) is 0 Å². The number of anilines is 1. The van der Waals surface area contributed by atoms with Gasteiger partial charge >= 0.3 is 11.8 Å². The predicted molar refractivity (Wildman–Crippen MR) is 101 cm³/mol. The number of carbonyl (C=O) groups is 2. The van der Waals surface area contributed by atoms with E-state index in [0.29, 0.717) is 11.3 Å². The molecule has 132 valence electrons. The number of amides is 2. The van der Waals surface area contributed by atoms with Crippen molar-refractivity contribution in [3.8, 4) is 0 Å². The molecule has 1 unspecified atom stereocenters. The van der Waals surface area contributed by atoms with Crippen LogP contribution in [-0.4, -0.2) is 29.7 Å². The molecule has 5 nitrogen and oxygen atoms in total. The minimum absolute atomic E-state index is 0.0300. The van der Waals surface area contributed by atoms with Crippen molar-refractivity contribution in [3.63, 3.8) is 0 Å². The molecular weight excluding hydrogens is 336 g/mol. The molecule has 0 aliphatic rings. The molecule has 0 aliphatic carbocycles. The Morgan fingerprint density at radius 2 is 1.72 bits per heavy atom. The van der Waals surface area contributed by atoms with Crippen molar-refractivity contribution in [3.05, 3.63) is 59.2 Å². The second-order valence-electron chi connectivity index (χ2n) is 5.75. The number of aliphatic hydroxyl groups is 1. The lowest BCUT2D eigenvalue weighted by molar-refractivity contribution is -0.136. The van der Waals surface area contributed by atoms with E-state index in [2.05, 4.69) is 10.6 Å². The maximum absolute atomic E-state index is 11.9. The minimum atomic E-state index is -0.866. The fourth-order valence-corrected chi connectivity index (χ4v) is 2.63. The number of benzene rings is 2. The number of nitrogens with one attached hydrogen (secondary N) is 2. The van der Waals surface area contributed by atoms with E-state index in [1.54, 1.807) is 30.0 Å². The summed E-state index contributed by atoms with van der Waals surface area (Å²) in [6.07, 6.45) is 1.11. The van der Waals surface area contributed by atoms with Gasteiger partial charge in [0.15, 0.2) is 0 Å². The SMILES string of the molecule is CSc1ccc(C(O)CNC(=O)C(=O)Nc2ccc(C)c(C)c2)cc1. The Labute approximate surface area is 151 Å². The Bertz CT molecular complexity index is 760. The van der Waals surface area contributed by atoms with Crippen molar-refractivity contribution in [2.24, 2.45) is 0 Å². The zero-order valence-electron chi connectivity index (χ0n) is 14.5. The summed E-state index contributed by atoms with van der Waals surface area (Å²) >= 11 is 1.61. The minimum Gasteiger partial charge on any atom is -0.387 e. The lowest BCUT2D eigenvalue weighted by Crippen LogP contribution is -2.37.